The number of benzene rings is 1. The maximum absolute atomic E-state index is 12.4. The number of rotatable bonds is 5. The van der Waals surface area contributed by atoms with E-state index in [0.29, 0.717) is 0 Å². The van der Waals surface area contributed by atoms with Crippen molar-refractivity contribution in [3.8, 4) is 0 Å². The first-order chi connectivity index (χ1) is 9.56. The van der Waals surface area contributed by atoms with Crippen LogP contribution in [0.4, 0.5) is 0 Å². The van der Waals surface area contributed by atoms with Gasteiger partial charge in [-0.3, -0.25) is 9.59 Å². The highest BCUT2D eigenvalue weighted by atomic mass is 79.9. The van der Waals surface area contributed by atoms with Crippen LogP contribution >= 0.6 is 15.9 Å². The fourth-order valence-electron chi connectivity index (χ4n) is 2.71. The molecule has 0 radical (unpaired) electrons. The number of hydrogen-bond donors (Lipinski definition) is 1. The van der Waals surface area contributed by atoms with Gasteiger partial charge in [-0.15, -0.1) is 0 Å². The molecule has 1 amide bonds. The average molecular weight is 340 g/mol. The number of hydrogen-bond acceptors (Lipinski definition) is 2. The van der Waals surface area contributed by atoms with E-state index in [-0.39, 0.29) is 24.9 Å². The average Bonchev–Trinajstić information content (AvgIpc) is 2.89. The Morgan fingerprint density at radius 2 is 2.00 bits per heavy atom. The quantitative estimate of drug-likeness (QED) is 0.897. The molecule has 4 nitrogen and oxygen atoms in total. The maximum Gasteiger partial charge on any atom is 0.323 e. The van der Waals surface area contributed by atoms with Gasteiger partial charge in [-0.2, -0.15) is 0 Å². The number of carboxylic acids is 1. The van der Waals surface area contributed by atoms with Crippen LogP contribution in [-0.4, -0.2) is 34.5 Å². The topological polar surface area (TPSA) is 57.6 Å². The SMILES string of the molecule is O=C(O)CN(C(=O)Cc1cccc(Br)c1)C1CCCC1. The Morgan fingerprint density at radius 1 is 1.30 bits per heavy atom. The van der Waals surface area contributed by atoms with Crippen molar-refractivity contribution in [2.75, 3.05) is 6.54 Å². The van der Waals surface area contributed by atoms with E-state index in [1.807, 2.05) is 24.3 Å². The molecule has 2 rings (SSSR count). The number of carbonyl (C=O) groups excluding carboxylic acids is 1. The summed E-state index contributed by atoms with van der Waals surface area (Å²) < 4.78 is 0.924. The summed E-state index contributed by atoms with van der Waals surface area (Å²) in [5.74, 6) is -1.04. The first-order valence-corrected chi connectivity index (χ1v) is 7.61. The van der Waals surface area contributed by atoms with Crippen LogP contribution in [-0.2, 0) is 16.0 Å². The van der Waals surface area contributed by atoms with E-state index in [1.54, 1.807) is 0 Å². The molecule has 1 aliphatic carbocycles. The van der Waals surface area contributed by atoms with Crippen LogP contribution < -0.4 is 0 Å². The molecule has 0 saturated heterocycles. The van der Waals surface area contributed by atoms with Crippen molar-refractivity contribution in [2.45, 2.75) is 38.1 Å². The van der Waals surface area contributed by atoms with Gasteiger partial charge in [-0.25, -0.2) is 0 Å². The lowest BCUT2D eigenvalue weighted by Gasteiger charge is -2.27. The summed E-state index contributed by atoms with van der Waals surface area (Å²) in [7, 11) is 0. The zero-order chi connectivity index (χ0) is 14.5. The normalized spacial score (nSPS) is 15.2. The van der Waals surface area contributed by atoms with Crippen LogP contribution in [0, 0.1) is 0 Å². The van der Waals surface area contributed by atoms with E-state index in [1.165, 1.54) is 4.90 Å². The molecule has 108 valence electrons. The Balaban J connectivity index is 2.07. The van der Waals surface area contributed by atoms with E-state index < -0.39 is 5.97 Å². The van der Waals surface area contributed by atoms with Gasteiger partial charge in [0.15, 0.2) is 0 Å². The van der Waals surface area contributed by atoms with Crippen molar-refractivity contribution >= 4 is 27.8 Å². The number of aliphatic carboxylic acids is 1. The highest BCUT2D eigenvalue weighted by molar-refractivity contribution is 9.10. The monoisotopic (exact) mass is 339 g/mol. The lowest BCUT2D eigenvalue weighted by molar-refractivity contribution is -0.145. The minimum Gasteiger partial charge on any atom is -0.480 e. The zero-order valence-corrected chi connectivity index (χ0v) is 12.8. The molecule has 1 saturated carbocycles. The molecule has 1 aliphatic rings. The van der Waals surface area contributed by atoms with Crippen LogP contribution in [0.3, 0.4) is 0 Å². The third-order valence-electron chi connectivity index (χ3n) is 3.64. The van der Waals surface area contributed by atoms with Crippen molar-refractivity contribution in [1.82, 2.24) is 4.90 Å². The molecular weight excluding hydrogens is 322 g/mol. The number of nitrogens with zero attached hydrogens (tertiary/aromatic N) is 1. The van der Waals surface area contributed by atoms with Gasteiger partial charge in [0.1, 0.15) is 6.54 Å². The minimum atomic E-state index is -0.945. The summed E-state index contributed by atoms with van der Waals surface area (Å²) in [5, 5.41) is 9.00. The van der Waals surface area contributed by atoms with Gasteiger partial charge in [-0.1, -0.05) is 40.9 Å². The molecule has 0 aliphatic heterocycles. The largest absolute Gasteiger partial charge is 0.480 e. The molecule has 5 heteroatoms. The number of carboxylic acid groups (broad SMARTS) is 1. The molecule has 20 heavy (non-hydrogen) atoms. The Morgan fingerprint density at radius 3 is 2.60 bits per heavy atom. The molecule has 0 atom stereocenters. The van der Waals surface area contributed by atoms with E-state index in [0.717, 1.165) is 35.7 Å². The van der Waals surface area contributed by atoms with Crippen molar-refractivity contribution in [2.24, 2.45) is 0 Å². The maximum atomic E-state index is 12.4. The molecule has 0 unspecified atom stereocenters. The number of carbonyl (C=O) groups is 2. The van der Waals surface area contributed by atoms with E-state index in [2.05, 4.69) is 15.9 Å². The molecule has 1 fully saturated rings. The smallest absolute Gasteiger partial charge is 0.323 e. The van der Waals surface area contributed by atoms with Gasteiger partial charge in [0.05, 0.1) is 6.42 Å². The second-order valence-corrected chi connectivity index (χ2v) is 6.08. The van der Waals surface area contributed by atoms with E-state index in [4.69, 9.17) is 5.11 Å². The Kier molecular flexibility index (Phi) is 5.17. The van der Waals surface area contributed by atoms with E-state index >= 15 is 0 Å². The van der Waals surface area contributed by atoms with E-state index in [9.17, 15) is 9.59 Å². The number of halogens is 1. The van der Waals surface area contributed by atoms with Crippen molar-refractivity contribution in [3.05, 3.63) is 34.3 Å². The summed E-state index contributed by atoms with van der Waals surface area (Å²) in [4.78, 5) is 24.9. The summed E-state index contributed by atoms with van der Waals surface area (Å²) in [6.45, 7) is -0.197. The molecule has 0 aromatic heterocycles. The van der Waals surface area contributed by atoms with Crippen molar-refractivity contribution < 1.29 is 14.7 Å². The highest BCUT2D eigenvalue weighted by Gasteiger charge is 2.28. The summed E-state index contributed by atoms with van der Waals surface area (Å²) in [6, 6.07) is 7.65. The van der Waals surface area contributed by atoms with Gasteiger partial charge < -0.3 is 10.0 Å². The third-order valence-corrected chi connectivity index (χ3v) is 4.13. The molecular formula is C15H18BrNO3. The van der Waals surface area contributed by atoms with Gasteiger partial charge in [0.25, 0.3) is 0 Å². The Labute approximate surface area is 126 Å². The van der Waals surface area contributed by atoms with Crippen LogP contribution in [0.1, 0.15) is 31.2 Å². The summed E-state index contributed by atoms with van der Waals surface area (Å²) in [6.07, 6.45) is 4.23. The zero-order valence-electron chi connectivity index (χ0n) is 11.2. The molecule has 0 bridgehead atoms. The van der Waals surface area contributed by atoms with Gasteiger partial charge in [0.2, 0.25) is 5.91 Å². The highest BCUT2D eigenvalue weighted by Crippen LogP contribution is 2.24. The fraction of sp³-hybridized carbons (Fsp3) is 0.467. The summed E-state index contributed by atoms with van der Waals surface area (Å²) in [5.41, 5.74) is 0.901. The van der Waals surface area contributed by atoms with Crippen LogP contribution in [0.5, 0.6) is 0 Å². The van der Waals surface area contributed by atoms with Crippen molar-refractivity contribution in [3.63, 3.8) is 0 Å². The second kappa shape index (κ2) is 6.88. The second-order valence-electron chi connectivity index (χ2n) is 5.16. The molecule has 0 heterocycles. The molecule has 1 aromatic carbocycles. The van der Waals surface area contributed by atoms with Crippen LogP contribution in [0.25, 0.3) is 0 Å². The predicted molar refractivity (Wildman–Crippen MR) is 79.5 cm³/mol. The number of amides is 1. The Bertz CT molecular complexity index is 498. The lowest BCUT2D eigenvalue weighted by atomic mass is 10.1. The van der Waals surface area contributed by atoms with Crippen LogP contribution in [0.2, 0.25) is 0 Å². The standard InChI is InChI=1S/C15H18BrNO3/c16-12-5-3-4-11(8-12)9-14(18)17(10-15(19)20)13-6-1-2-7-13/h3-5,8,13H,1-2,6-7,9-10H2,(H,19,20). The molecule has 1 N–H and O–H groups in total. The predicted octanol–water partition coefficient (Wildman–Crippen LogP) is 2.85. The van der Waals surface area contributed by atoms with Gasteiger partial charge in [-0.05, 0) is 30.5 Å². The first kappa shape index (κ1) is 15.0. The van der Waals surface area contributed by atoms with Gasteiger partial charge in [0, 0.05) is 10.5 Å². The lowest BCUT2D eigenvalue weighted by Crippen LogP contribution is -2.43. The third kappa shape index (κ3) is 4.07. The van der Waals surface area contributed by atoms with Gasteiger partial charge >= 0.3 is 5.97 Å². The Hall–Kier alpha value is -1.36. The van der Waals surface area contributed by atoms with Crippen molar-refractivity contribution in [1.29, 1.82) is 0 Å². The molecule has 1 aromatic rings. The first-order valence-electron chi connectivity index (χ1n) is 6.82. The van der Waals surface area contributed by atoms with Crippen LogP contribution in [0.15, 0.2) is 28.7 Å². The fourth-order valence-corrected chi connectivity index (χ4v) is 3.15. The summed E-state index contributed by atoms with van der Waals surface area (Å²) >= 11 is 3.38. The minimum absolute atomic E-state index is 0.0887. The molecule has 0 spiro atoms.